The van der Waals surface area contributed by atoms with Crippen LogP contribution in [0.5, 0.6) is 0 Å². The van der Waals surface area contributed by atoms with E-state index in [1.807, 2.05) is 0 Å². The van der Waals surface area contributed by atoms with Crippen LogP contribution in [0.15, 0.2) is 0 Å². The molecule has 0 aromatic carbocycles. The fraction of sp³-hybridized carbons (Fsp3) is 1.00. The van der Waals surface area contributed by atoms with Crippen molar-refractivity contribution in [2.24, 2.45) is 5.92 Å². The smallest absolute Gasteiger partial charge is 0.00411 e. The van der Waals surface area contributed by atoms with Crippen LogP contribution in [0.2, 0.25) is 0 Å². The number of rotatable bonds is 7. The lowest BCUT2D eigenvalue weighted by molar-refractivity contribution is 0.224. The maximum atomic E-state index is 3.63. The van der Waals surface area contributed by atoms with Crippen molar-refractivity contribution in [3.63, 3.8) is 0 Å². The molecule has 1 saturated heterocycles. The normalized spacial score (nSPS) is 20.2. The summed E-state index contributed by atoms with van der Waals surface area (Å²) in [7, 11) is 0. The van der Waals surface area contributed by atoms with Crippen LogP contribution in [0.4, 0.5) is 0 Å². The molecule has 1 fully saturated rings. The Morgan fingerprint density at radius 2 is 1.75 bits per heavy atom. The zero-order chi connectivity index (χ0) is 11.8. The quantitative estimate of drug-likeness (QED) is 0.672. The van der Waals surface area contributed by atoms with Gasteiger partial charge in [-0.3, -0.25) is 0 Å². The van der Waals surface area contributed by atoms with Gasteiger partial charge in [0.2, 0.25) is 0 Å². The van der Waals surface area contributed by atoms with E-state index in [0.29, 0.717) is 6.04 Å². The largest absolute Gasteiger partial charge is 0.314 e. The first kappa shape index (κ1) is 14.0. The van der Waals surface area contributed by atoms with Crippen molar-refractivity contribution in [2.45, 2.75) is 58.9 Å². The topological polar surface area (TPSA) is 15.3 Å². The van der Waals surface area contributed by atoms with E-state index >= 15 is 0 Å². The first-order valence-corrected chi connectivity index (χ1v) is 7.14. The Hall–Kier alpha value is -0.0800. The molecule has 0 bridgehead atoms. The highest BCUT2D eigenvalue weighted by molar-refractivity contribution is 4.67. The van der Waals surface area contributed by atoms with Gasteiger partial charge in [0.25, 0.3) is 0 Å². The Bertz CT molecular complexity index is 162. The maximum Gasteiger partial charge on any atom is 0.00411 e. The molecule has 0 saturated carbocycles. The molecule has 0 spiro atoms. The number of likely N-dealkylation sites (tertiary alicyclic amines) is 1. The molecular weight excluding hydrogens is 196 g/mol. The van der Waals surface area contributed by atoms with E-state index in [2.05, 4.69) is 31.0 Å². The fourth-order valence-corrected chi connectivity index (χ4v) is 2.62. The minimum Gasteiger partial charge on any atom is -0.314 e. The SMILES string of the molecule is CC(C)CC(C)NCCCN1CCCCC1. The second-order valence-corrected chi connectivity index (χ2v) is 5.74. The standard InChI is InChI=1S/C14H30N2/c1-13(2)12-14(3)15-8-7-11-16-9-5-4-6-10-16/h13-15H,4-12H2,1-3H3. The third-order valence-corrected chi connectivity index (χ3v) is 3.42. The zero-order valence-corrected chi connectivity index (χ0v) is 11.5. The average Bonchev–Trinajstić information content (AvgIpc) is 2.25. The Balaban J connectivity index is 1.94. The molecule has 1 unspecified atom stereocenters. The Kier molecular flexibility index (Phi) is 7.06. The van der Waals surface area contributed by atoms with Gasteiger partial charge in [-0.1, -0.05) is 20.3 Å². The average molecular weight is 226 g/mol. The number of hydrogen-bond acceptors (Lipinski definition) is 2. The second-order valence-electron chi connectivity index (χ2n) is 5.74. The first-order chi connectivity index (χ1) is 7.68. The molecular formula is C14H30N2. The summed E-state index contributed by atoms with van der Waals surface area (Å²) in [6.07, 6.45) is 6.88. The van der Waals surface area contributed by atoms with Crippen LogP contribution < -0.4 is 5.32 Å². The molecule has 1 aliphatic rings. The number of nitrogens with one attached hydrogen (secondary N) is 1. The molecule has 16 heavy (non-hydrogen) atoms. The molecule has 0 amide bonds. The summed E-state index contributed by atoms with van der Waals surface area (Å²) in [5.41, 5.74) is 0. The van der Waals surface area contributed by atoms with E-state index in [1.165, 1.54) is 58.3 Å². The monoisotopic (exact) mass is 226 g/mol. The van der Waals surface area contributed by atoms with E-state index < -0.39 is 0 Å². The van der Waals surface area contributed by atoms with Crippen LogP contribution in [0.25, 0.3) is 0 Å². The van der Waals surface area contributed by atoms with Crippen molar-refractivity contribution in [3.8, 4) is 0 Å². The van der Waals surface area contributed by atoms with Crippen molar-refractivity contribution < 1.29 is 0 Å². The number of piperidine rings is 1. The van der Waals surface area contributed by atoms with E-state index in [-0.39, 0.29) is 0 Å². The maximum absolute atomic E-state index is 3.63. The van der Waals surface area contributed by atoms with Crippen LogP contribution in [0.1, 0.15) is 52.9 Å². The number of nitrogens with zero attached hydrogens (tertiary/aromatic N) is 1. The van der Waals surface area contributed by atoms with Gasteiger partial charge in [-0.15, -0.1) is 0 Å². The molecule has 0 aromatic rings. The Labute approximate surface area is 102 Å². The van der Waals surface area contributed by atoms with Gasteiger partial charge in [0, 0.05) is 6.04 Å². The highest BCUT2D eigenvalue weighted by atomic mass is 15.1. The highest BCUT2D eigenvalue weighted by Gasteiger charge is 2.09. The lowest BCUT2D eigenvalue weighted by atomic mass is 10.1. The lowest BCUT2D eigenvalue weighted by Crippen LogP contribution is -2.34. The van der Waals surface area contributed by atoms with Gasteiger partial charge in [0.05, 0.1) is 0 Å². The van der Waals surface area contributed by atoms with Gasteiger partial charge in [0.1, 0.15) is 0 Å². The van der Waals surface area contributed by atoms with E-state index in [1.54, 1.807) is 0 Å². The van der Waals surface area contributed by atoms with Crippen molar-refractivity contribution in [1.29, 1.82) is 0 Å². The minimum absolute atomic E-state index is 0.682. The van der Waals surface area contributed by atoms with Crippen molar-refractivity contribution in [3.05, 3.63) is 0 Å². The molecule has 1 rings (SSSR count). The molecule has 1 aliphatic heterocycles. The van der Waals surface area contributed by atoms with Crippen LogP contribution in [0, 0.1) is 5.92 Å². The minimum atomic E-state index is 0.682. The molecule has 0 aliphatic carbocycles. The molecule has 96 valence electrons. The zero-order valence-electron chi connectivity index (χ0n) is 11.5. The molecule has 1 heterocycles. The van der Waals surface area contributed by atoms with E-state index in [4.69, 9.17) is 0 Å². The molecule has 2 nitrogen and oxygen atoms in total. The first-order valence-electron chi connectivity index (χ1n) is 7.14. The third-order valence-electron chi connectivity index (χ3n) is 3.42. The van der Waals surface area contributed by atoms with Crippen molar-refractivity contribution >= 4 is 0 Å². The molecule has 1 atom stereocenters. The summed E-state index contributed by atoms with van der Waals surface area (Å²) in [5.74, 6) is 0.810. The van der Waals surface area contributed by atoms with Gasteiger partial charge in [0.15, 0.2) is 0 Å². The highest BCUT2D eigenvalue weighted by Crippen LogP contribution is 2.08. The van der Waals surface area contributed by atoms with Crippen LogP contribution >= 0.6 is 0 Å². The summed E-state index contributed by atoms with van der Waals surface area (Å²) in [5, 5.41) is 3.63. The van der Waals surface area contributed by atoms with Gasteiger partial charge >= 0.3 is 0 Å². The van der Waals surface area contributed by atoms with Gasteiger partial charge in [-0.2, -0.15) is 0 Å². The number of hydrogen-bond donors (Lipinski definition) is 1. The van der Waals surface area contributed by atoms with Gasteiger partial charge in [-0.05, 0) is 64.7 Å². The van der Waals surface area contributed by atoms with E-state index in [9.17, 15) is 0 Å². The van der Waals surface area contributed by atoms with E-state index in [0.717, 1.165) is 5.92 Å². The fourth-order valence-electron chi connectivity index (χ4n) is 2.62. The van der Waals surface area contributed by atoms with Crippen LogP contribution in [-0.2, 0) is 0 Å². The summed E-state index contributed by atoms with van der Waals surface area (Å²) < 4.78 is 0. The van der Waals surface area contributed by atoms with Crippen LogP contribution in [0.3, 0.4) is 0 Å². The van der Waals surface area contributed by atoms with Gasteiger partial charge in [-0.25, -0.2) is 0 Å². The van der Waals surface area contributed by atoms with Crippen molar-refractivity contribution in [2.75, 3.05) is 26.2 Å². The summed E-state index contributed by atoms with van der Waals surface area (Å²) in [6.45, 7) is 12.0. The predicted octanol–water partition coefficient (Wildman–Crippen LogP) is 2.89. The summed E-state index contributed by atoms with van der Waals surface area (Å²) >= 11 is 0. The van der Waals surface area contributed by atoms with Crippen molar-refractivity contribution in [1.82, 2.24) is 10.2 Å². The second kappa shape index (κ2) is 8.08. The van der Waals surface area contributed by atoms with Crippen LogP contribution in [-0.4, -0.2) is 37.1 Å². The molecule has 1 N–H and O–H groups in total. The lowest BCUT2D eigenvalue weighted by Gasteiger charge is -2.26. The predicted molar refractivity (Wildman–Crippen MR) is 71.8 cm³/mol. The molecule has 2 heteroatoms. The molecule has 0 aromatic heterocycles. The Morgan fingerprint density at radius 1 is 1.06 bits per heavy atom. The summed E-state index contributed by atoms with van der Waals surface area (Å²) in [6, 6.07) is 0.682. The molecule has 0 radical (unpaired) electrons. The third kappa shape index (κ3) is 6.49. The summed E-state index contributed by atoms with van der Waals surface area (Å²) in [4.78, 5) is 2.62. The van der Waals surface area contributed by atoms with Gasteiger partial charge < -0.3 is 10.2 Å². The Morgan fingerprint density at radius 3 is 2.38 bits per heavy atom.